The van der Waals surface area contributed by atoms with E-state index in [0.717, 1.165) is 39.2 Å². The zero-order valence-corrected chi connectivity index (χ0v) is 31.9. The minimum absolute atomic E-state index is 1.07. The first-order valence-corrected chi connectivity index (χ1v) is 19.7. The van der Waals surface area contributed by atoms with Gasteiger partial charge in [0.15, 0.2) is 0 Å². The summed E-state index contributed by atoms with van der Waals surface area (Å²) in [5.74, 6) is 0. The summed E-state index contributed by atoms with van der Waals surface area (Å²) in [6.45, 7) is 11.1. The minimum Gasteiger partial charge on any atom is -0.308 e. The van der Waals surface area contributed by atoms with Crippen LogP contribution in [-0.2, 0) is 0 Å². The molecule has 4 heteroatoms. The molecule has 1 aliphatic heterocycles. The molecule has 0 unspecified atom stereocenters. The maximum absolute atomic E-state index is 4.53. The Labute approximate surface area is 325 Å². The number of aromatic nitrogens is 1. The molecule has 3 nitrogen and oxygen atoms in total. The van der Waals surface area contributed by atoms with Gasteiger partial charge in [0.05, 0.1) is 44.2 Å². The predicted molar refractivity (Wildman–Crippen MR) is 238 cm³/mol. The second-order valence-corrected chi connectivity index (χ2v) is 15.3. The minimum atomic E-state index is 1.07. The molecular weight excluding hydrogens is 687 g/mol. The van der Waals surface area contributed by atoms with E-state index < -0.39 is 0 Å². The Morgan fingerprint density at radius 2 is 1.18 bits per heavy atom. The Morgan fingerprint density at radius 3 is 1.93 bits per heavy atom. The van der Waals surface area contributed by atoms with Crippen molar-refractivity contribution in [2.45, 2.75) is 20.8 Å². The summed E-state index contributed by atoms with van der Waals surface area (Å²) >= 11 is 1.81. The van der Waals surface area contributed by atoms with Crippen molar-refractivity contribution in [2.24, 2.45) is 0 Å². The van der Waals surface area contributed by atoms with Crippen LogP contribution >= 0.6 is 11.3 Å². The SMILES string of the molecule is C=c1/c(=C\C=C/C)sc2c(-n3c4ccccc4c4c5c(ccc43)N(c3ccccc3)c3c(ccc(C)c3-c3ccccc3C)N5c3ccccc3)cccc12. The van der Waals surface area contributed by atoms with Gasteiger partial charge in [0.25, 0.3) is 0 Å². The highest BCUT2D eigenvalue weighted by Gasteiger charge is 2.36. The van der Waals surface area contributed by atoms with Crippen molar-refractivity contribution in [2.75, 3.05) is 9.80 Å². The monoisotopic (exact) mass is 725 g/mol. The van der Waals surface area contributed by atoms with E-state index in [1.165, 1.54) is 64.5 Å². The van der Waals surface area contributed by atoms with Crippen molar-refractivity contribution >= 4 is 90.0 Å². The highest BCUT2D eigenvalue weighted by atomic mass is 32.1. The van der Waals surface area contributed by atoms with Crippen molar-refractivity contribution in [1.82, 2.24) is 4.57 Å². The van der Waals surface area contributed by atoms with Crippen LogP contribution in [0.25, 0.3) is 61.4 Å². The lowest BCUT2D eigenvalue weighted by atomic mass is 9.90. The molecule has 2 aromatic heterocycles. The fourth-order valence-electron chi connectivity index (χ4n) is 8.58. The van der Waals surface area contributed by atoms with Gasteiger partial charge in [-0.3, -0.25) is 0 Å². The molecular formula is C51H39N3S. The number of hydrogen-bond donors (Lipinski definition) is 0. The Hall–Kier alpha value is -6.62. The van der Waals surface area contributed by atoms with E-state index in [-0.39, 0.29) is 0 Å². The first-order chi connectivity index (χ1) is 27.0. The molecule has 0 bridgehead atoms. The highest BCUT2D eigenvalue weighted by Crippen LogP contribution is 2.60. The molecule has 0 saturated heterocycles. The number of thiophene rings is 1. The molecule has 0 fully saturated rings. The molecule has 7 aromatic carbocycles. The topological polar surface area (TPSA) is 11.4 Å². The van der Waals surface area contributed by atoms with Gasteiger partial charge in [0, 0.05) is 37.6 Å². The lowest BCUT2D eigenvalue weighted by Gasteiger charge is -2.42. The molecule has 10 rings (SSSR count). The van der Waals surface area contributed by atoms with Gasteiger partial charge in [-0.2, -0.15) is 0 Å². The molecule has 0 saturated carbocycles. The van der Waals surface area contributed by atoms with Crippen LogP contribution in [0, 0.1) is 13.8 Å². The van der Waals surface area contributed by atoms with Gasteiger partial charge >= 0.3 is 0 Å². The largest absolute Gasteiger partial charge is 0.308 e. The van der Waals surface area contributed by atoms with Gasteiger partial charge in [-0.1, -0.05) is 116 Å². The summed E-state index contributed by atoms with van der Waals surface area (Å²) in [4.78, 5) is 5.01. The number of allylic oxidation sites excluding steroid dienone is 2. The molecule has 0 amide bonds. The Morgan fingerprint density at radius 1 is 0.545 bits per heavy atom. The fraction of sp³-hybridized carbons (Fsp3) is 0.0588. The summed E-state index contributed by atoms with van der Waals surface area (Å²) in [5.41, 5.74) is 15.3. The average Bonchev–Trinajstić information content (AvgIpc) is 3.74. The van der Waals surface area contributed by atoms with Crippen LogP contribution in [0.5, 0.6) is 0 Å². The van der Waals surface area contributed by atoms with Crippen molar-refractivity contribution in [3.63, 3.8) is 0 Å². The van der Waals surface area contributed by atoms with Crippen molar-refractivity contribution in [3.05, 3.63) is 185 Å². The lowest BCUT2D eigenvalue weighted by molar-refractivity contribution is 1.16. The third-order valence-corrected chi connectivity index (χ3v) is 12.3. The normalized spacial score (nSPS) is 13.0. The number of benzene rings is 7. The van der Waals surface area contributed by atoms with Gasteiger partial charge in [0.2, 0.25) is 0 Å². The zero-order valence-electron chi connectivity index (χ0n) is 31.1. The molecule has 9 aromatic rings. The van der Waals surface area contributed by atoms with Crippen LogP contribution in [-0.4, -0.2) is 4.57 Å². The van der Waals surface area contributed by atoms with Gasteiger partial charge in [-0.25, -0.2) is 0 Å². The maximum Gasteiger partial charge on any atom is 0.0804 e. The quantitative estimate of drug-likeness (QED) is 0.175. The second kappa shape index (κ2) is 13.0. The molecule has 55 heavy (non-hydrogen) atoms. The van der Waals surface area contributed by atoms with Crippen LogP contribution < -0.4 is 19.6 Å². The van der Waals surface area contributed by atoms with Crippen LogP contribution in [0.1, 0.15) is 18.1 Å². The molecule has 0 atom stereocenters. The first kappa shape index (κ1) is 33.0. The molecule has 0 spiro atoms. The number of hydrogen-bond acceptors (Lipinski definition) is 3. The molecule has 0 radical (unpaired) electrons. The Kier molecular flexibility index (Phi) is 7.83. The summed E-state index contributed by atoms with van der Waals surface area (Å²) < 4.78 is 4.89. The van der Waals surface area contributed by atoms with Crippen molar-refractivity contribution in [1.29, 1.82) is 0 Å². The second-order valence-electron chi connectivity index (χ2n) is 14.3. The lowest BCUT2D eigenvalue weighted by Crippen LogP contribution is -2.25. The van der Waals surface area contributed by atoms with Crippen LogP contribution in [0.15, 0.2) is 164 Å². The van der Waals surface area contributed by atoms with Crippen molar-refractivity contribution in [3.8, 4) is 16.8 Å². The fourth-order valence-corrected chi connectivity index (χ4v) is 9.74. The van der Waals surface area contributed by atoms with E-state index in [0.29, 0.717) is 0 Å². The zero-order chi connectivity index (χ0) is 37.2. The number of anilines is 6. The molecule has 264 valence electrons. The number of aryl methyl sites for hydroxylation is 2. The van der Waals surface area contributed by atoms with Crippen LogP contribution in [0.2, 0.25) is 0 Å². The molecule has 3 heterocycles. The van der Waals surface area contributed by atoms with E-state index in [9.17, 15) is 0 Å². The smallest absolute Gasteiger partial charge is 0.0804 e. The summed E-state index contributed by atoms with van der Waals surface area (Å²) in [6, 6.07) is 55.4. The van der Waals surface area contributed by atoms with E-state index in [4.69, 9.17) is 0 Å². The Balaban J connectivity index is 1.37. The number of rotatable bonds is 5. The summed E-state index contributed by atoms with van der Waals surface area (Å²) in [7, 11) is 0. The Bertz CT molecular complexity index is 3100. The standard InChI is InChI=1S/C51H39N3S/c1-5-6-28-46-35(4)39-25-17-27-45(51(39)55-46)54-41-26-16-15-24-40(41)48-42(54)31-32-44-50(48)53(37-21-11-8-12-22-37)43-30-29-34(3)47(38-23-14-13-18-33(38)2)49(43)52(44)36-19-9-7-10-20-36/h5-32H,4H2,1-3H3/b6-5-,46-28+. The average molecular weight is 726 g/mol. The molecule has 1 aliphatic rings. The number of nitrogens with zero attached hydrogens (tertiary/aromatic N) is 3. The number of fused-ring (bicyclic) bond motifs is 7. The third-order valence-electron chi connectivity index (χ3n) is 11.0. The third kappa shape index (κ3) is 5.02. The van der Waals surface area contributed by atoms with Crippen LogP contribution in [0.4, 0.5) is 34.1 Å². The molecule has 0 N–H and O–H groups in total. The van der Waals surface area contributed by atoms with Gasteiger partial charge in [-0.15, -0.1) is 11.3 Å². The van der Waals surface area contributed by atoms with E-state index in [1.807, 2.05) is 11.3 Å². The first-order valence-electron chi connectivity index (χ1n) is 18.8. The number of para-hydroxylation sites is 3. The van der Waals surface area contributed by atoms with E-state index in [2.05, 4.69) is 212 Å². The maximum atomic E-state index is 4.53. The van der Waals surface area contributed by atoms with Gasteiger partial charge < -0.3 is 14.4 Å². The van der Waals surface area contributed by atoms with Gasteiger partial charge in [-0.05, 0) is 103 Å². The summed E-state index contributed by atoms with van der Waals surface area (Å²) in [6.07, 6.45) is 6.35. The summed E-state index contributed by atoms with van der Waals surface area (Å²) in [5, 5.41) is 4.69. The predicted octanol–water partition coefficient (Wildman–Crippen LogP) is 13.3. The van der Waals surface area contributed by atoms with Crippen LogP contribution in [0.3, 0.4) is 0 Å². The van der Waals surface area contributed by atoms with Gasteiger partial charge in [0.1, 0.15) is 0 Å². The van der Waals surface area contributed by atoms with E-state index in [1.54, 1.807) is 0 Å². The van der Waals surface area contributed by atoms with Crippen molar-refractivity contribution < 1.29 is 0 Å². The highest BCUT2D eigenvalue weighted by molar-refractivity contribution is 7.17. The van der Waals surface area contributed by atoms with E-state index >= 15 is 0 Å². The molecule has 0 aliphatic carbocycles.